The molecule has 1 rings (SSSR count). The van der Waals surface area contributed by atoms with E-state index < -0.39 is 0 Å². The minimum Gasteiger partial charge on any atom is -0.504 e. The molecule has 0 fully saturated rings. The summed E-state index contributed by atoms with van der Waals surface area (Å²) >= 11 is 0. The van der Waals surface area contributed by atoms with Gasteiger partial charge < -0.3 is 14.9 Å². The van der Waals surface area contributed by atoms with Gasteiger partial charge in [-0.25, -0.2) is 0 Å². The molecule has 0 heterocycles. The molecule has 84 valence electrons. The van der Waals surface area contributed by atoms with Gasteiger partial charge in [-0.15, -0.1) is 0 Å². The van der Waals surface area contributed by atoms with E-state index in [0.29, 0.717) is 6.61 Å². The Kier molecular flexibility index (Phi) is 3.58. The second-order valence-corrected chi connectivity index (χ2v) is 4.53. The molecule has 0 spiro atoms. The maximum Gasteiger partial charge on any atom is 0.157 e. The van der Waals surface area contributed by atoms with Crippen molar-refractivity contribution >= 4 is 0 Å². The molecule has 1 aromatic carbocycles. The summed E-state index contributed by atoms with van der Waals surface area (Å²) in [6.45, 7) is 6.61. The zero-order valence-electron chi connectivity index (χ0n) is 9.45. The van der Waals surface area contributed by atoms with E-state index in [1.54, 1.807) is 12.1 Å². The molecule has 0 amide bonds. The molecule has 3 heteroatoms. The Labute approximate surface area is 90.3 Å². The average Bonchev–Trinajstić information content (AvgIpc) is 2.09. The van der Waals surface area contributed by atoms with Crippen LogP contribution in [0.4, 0.5) is 0 Å². The summed E-state index contributed by atoms with van der Waals surface area (Å²) in [6.07, 6.45) is 0.727. The van der Waals surface area contributed by atoms with Crippen LogP contribution in [0.15, 0.2) is 18.2 Å². The number of hydrogen-bond acceptors (Lipinski definition) is 3. The Hall–Kier alpha value is -1.22. The quantitative estimate of drug-likeness (QED) is 0.753. The Balaban J connectivity index is 2.48. The third-order valence-electron chi connectivity index (χ3n) is 1.97. The highest BCUT2D eigenvalue weighted by molar-refractivity contribution is 5.40. The Morgan fingerprint density at radius 2 is 1.80 bits per heavy atom. The number of benzene rings is 1. The third-order valence-corrected chi connectivity index (χ3v) is 1.97. The zero-order chi connectivity index (χ0) is 11.5. The van der Waals surface area contributed by atoms with Crippen LogP contribution in [0, 0.1) is 0 Å². The first kappa shape index (κ1) is 11.9. The van der Waals surface area contributed by atoms with E-state index in [-0.39, 0.29) is 17.1 Å². The first-order valence-electron chi connectivity index (χ1n) is 5.03. The number of phenolic OH excluding ortho intramolecular Hbond substituents is 2. The predicted octanol–water partition coefficient (Wildman–Crippen LogP) is 2.46. The summed E-state index contributed by atoms with van der Waals surface area (Å²) in [6, 6.07) is 4.82. The van der Waals surface area contributed by atoms with Crippen LogP contribution in [-0.4, -0.2) is 22.4 Å². The molecule has 0 saturated heterocycles. The van der Waals surface area contributed by atoms with Crippen LogP contribution >= 0.6 is 0 Å². The van der Waals surface area contributed by atoms with Gasteiger partial charge in [-0.2, -0.15) is 0 Å². The highest BCUT2D eigenvalue weighted by atomic mass is 16.5. The van der Waals surface area contributed by atoms with E-state index in [9.17, 15) is 5.11 Å². The standard InChI is InChI=1S/C12H18O3/c1-12(2,3)15-7-6-9-4-5-10(13)11(14)8-9/h4-5,8,13-14H,6-7H2,1-3H3. The van der Waals surface area contributed by atoms with Crippen molar-refractivity contribution in [2.24, 2.45) is 0 Å². The SMILES string of the molecule is CC(C)(C)OCCc1ccc(O)c(O)c1. The second-order valence-electron chi connectivity index (χ2n) is 4.53. The number of aromatic hydroxyl groups is 2. The molecule has 0 aliphatic heterocycles. The number of hydrogen-bond donors (Lipinski definition) is 2. The lowest BCUT2D eigenvalue weighted by Gasteiger charge is -2.19. The van der Waals surface area contributed by atoms with E-state index in [2.05, 4.69) is 0 Å². The first-order valence-corrected chi connectivity index (χ1v) is 5.03. The maximum absolute atomic E-state index is 9.27. The molecule has 15 heavy (non-hydrogen) atoms. The Morgan fingerprint density at radius 3 is 2.33 bits per heavy atom. The molecule has 0 bridgehead atoms. The van der Waals surface area contributed by atoms with Crippen molar-refractivity contribution in [1.82, 2.24) is 0 Å². The highest BCUT2D eigenvalue weighted by Crippen LogP contribution is 2.25. The van der Waals surface area contributed by atoms with Gasteiger partial charge in [0.05, 0.1) is 12.2 Å². The molecule has 0 unspecified atom stereocenters. The third kappa shape index (κ3) is 4.21. The molecule has 2 N–H and O–H groups in total. The number of phenols is 2. The lowest BCUT2D eigenvalue weighted by molar-refractivity contribution is -0.000988. The van der Waals surface area contributed by atoms with Gasteiger partial charge in [0.1, 0.15) is 0 Å². The normalized spacial score (nSPS) is 11.7. The van der Waals surface area contributed by atoms with E-state index >= 15 is 0 Å². The van der Waals surface area contributed by atoms with E-state index in [0.717, 1.165) is 12.0 Å². The van der Waals surface area contributed by atoms with Crippen LogP contribution in [0.5, 0.6) is 11.5 Å². The van der Waals surface area contributed by atoms with Crippen molar-refractivity contribution in [2.45, 2.75) is 32.8 Å². The molecule has 3 nitrogen and oxygen atoms in total. The topological polar surface area (TPSA) is 49.7 Å². The van der Waals surface area contributed by atoms with Crippen LogP contribution in [0.2, 0.25) is 0 Å². The molecule has 0 atom stereocenters. The molecule has 0 radical (unpaired) electrons. The van der Waals surface area contributed by atoms with Crippen LogP contribution < -0.4 is 0 Å². The van der Waals surface area contributed by atoms with Crippen molar-refractivity contribution in [1.29, 1.82) is 0 Å². The Bertz CT molecular complexity index is 326. The van der Waals surface area contributed by atoms with E-state index in [4.69, 9.17) is 9.84 Å². The van der Waals surface area contributed by atoms with Crippen LogP contribution in [0.25, 0.3) is 0 Å². The van der Waals surface area contributed by atoms with Crippen molar-refractivity contribution in [3.63, 3.8) is 0 Å². The van der Waals surface area contributed by atoms with Crippen LogP contribution in [0.1, 0.15) is 26.3 Å². The van der Waals surface area contributed by atoms with Gasteiger partial charge in [-0.05, 0) is 44.9 Å². The van der Waals surface area contributed by atoms with E-state index in [1.165, 1.54) is 6.07 Å². The fourth-order valence-corrected chi connectivity index (χ4v) is 1.20. The minimum atomic E-state index is -0.140. The average molecular weight is 210 g/mol. The molecule has 0 saturated carbocycles. The fourth-order valence-electron chi connectivity index (χ4n) is 1.20. The first-order chi connectivity index (χ1) is 6.88. The van der Waals surface area contributed by atoms with Crippen LogP contribution in [0.3, 0.4) is 0 Å². The molecule has 0 aliphatic rings. The van der Waals surface area contributed by atoms with Gasteiger partial charge in [0, 0.05) is 0 Å². The Morgan fingerprint density at radius 1 is 1.13 bits per heavy atom. The lowest BCUT2D eigenvalue weighted by atomic mass is 10.1. The fraction of sp³-hybridized carbons (Fsp3) is 0.500. The van der Waals surface area contributed by atoms with Gasteiger partial charge in [0.25, 0.3) is 0 Å². The van der Waals surface area contributed by atoms with Crippen molar-refractivity contribution < 1.29 is 14.9 Å². The highest BCUT2D eigenvalue weighted by Gasteiger charge is 2.09. The van der Waals surface area contributed by atoms with Crippen molar-refractivity contribution in [3.8, 4) is 11.5 Å². The largest absolute Gasteiger partial charge is 0.504 e. The molecule has 0 aliphatic carbocycles. The minimum absolute atomic E-state index is 0.0803. The smallest absolute Gasteiger partial charge is 0.157 e. The summed E-state index contributed by atoms with van der Waals surface area (Å²) < 4.78 is 5.56. The summed E-state index contributed by atoms with van der Waals surface area (Å²) in [4.78, 5) is 0. The summed E-state index contributed by atoms with van der Waals surface area (Å²) in [7, 11) is 0. The lowest BCUT2D eigenvalue weighted by Crippen LogP contribution is -2.20. The maximum atomic E-state index is 9.27. The molecular formula is C12H18O3. The summed E-state index contributed by atoms with van der Waals surface area (Å²) in [5.74, 6) is -0.168. The summed E-state index contributed by atoms with van der Waals surface area (Å²) in [5.41, 5.74) is 0.813. The predicted molar refractivity (Wildman–Crippen MR) is 59.2 cm³/mol. The van der Waals surface area contributed by atoms with Gasteiger partial charge in [0.15, 0.2) is 11.5 Å². The molecular weight excluding hydrogens is 192 g/mol. The van der Waals surface area contributed by atoms with Crippen LogP contribution in [-0.2, 0) is 11.2 Å². The summed E-state index contributed by atoms with van der Waals surface area (Å²) in [5, 5.41) is 18.4. The number of ether oxygens (including phenoxy) is 1. The monoisotopic (exact) mass is 210 g/mol. The van der Waals surface area contributed by atoms with Crippen molar-refractivity contribution in [3.05, 3.63) is 23.8 Å². The van der Waals surface area contributed by atoms with Gasteiger partial charge in [-0.3, -0.25) is 0 Å². The zero-order valence-corrected chi connectivity index (χ0v) is 9.45. The van der Waals surface area contributed by atoms with Gasteiger partial charge in [-0.1, -0.05) is 6.07 Å². The van der Waals surface area contributed by atoms with Crippen molar-refractivity contribution in [2.75, 3.05) is 6.61 Å². The van der Waals surface area contributed by atoms with Gasteiger partial charge in [0.2, 0.25) is 0 Å². The van der Waals surface area contributed by atoms with E-state index in [1.807, 2.05) is 20.8 Å². The second kappa shape index (κ2) is 4.53. The molecule has 0 aromatic heterocycles. The molecule has 1 aromatic rings. The van der Waals surface area contributed by atoms with Gasteiger partial charge >= 0.3 is 0 Å². The number of rotatable bonds is 3.